The van der Waals surface area contributed by atoms with Crippen LogP contribution in [-0.2, 0) is 50.4 Å². The lowest BCUT2D eigenvalue weighted by atomic mass is 10.1. The van der Waals surface area contributed by atoms with Gasteiger partial charge in [-0.1, -0.05) is 0 Å². The topological polar surface area (TPSA) is 243 Å². The first kappa shape index (κ1) is 26.0. The smallest absolute Gasteiger partial charge is 0.456 e. The van der Waals surface area contributed by atoms with Gasteiger partial charge in [0.2, 0.25) is 0 Å². The number of hydrogen-bond donors (Lipinski definition) is 3. The minimum atomic E-state index is -4.95. The third kappa shape index (κ3) is 5.84. The van der Waals surface area contributed by atoms with Gasteiger partial charge < -0.3 is 34.3 Å². The quantitative estimate of drug-likeness (QED) is 0.326. The van der Waals surface area contributed by atoms with Crippen LogP contribution in [0.3, 0.4) is 0 Å². The Hall–Kier alpha value is -2.10. The largest absolute Gasteiger partial charge is 0.488 e. The highest BCUT2D eigenvalue weighted by Gasteiger charge is 2.52. The fourth-order valence-corrected chi connectivity index (χ4v) is 7.50. The predicted octanol–water partition coefficient (Wildman–Crippen LogP) is 0.677. The maximum atomic E-state index is 11.8. The van der Waals surface area contributed by atoms with Crippen LogP contribution >= 0.6 is 24.2 Å². The van der Waals surface area contributed by atoms with E-state index in [1.807, 2.05) is 0 Å². The lowest BCUT2D eigenvalue weighted by molar-refractivity contribution is -0.165. The van der Waals surface area contributed by atoms with E-state index in [0.29, 0.717) is 0 Å². The van der Waals surface area contributed by atoms with Crippen LogP contribution in [0, 0.1) is 0 Å². The van der Waals surface area contributed by atoms with E-state index in [0.717, 1.165) is 13.8 Å². The highest BCUT2D eigenvalue weighted by molar-refractivity contribution is 7.72. The van der Waals surface area contributed by atoms with Crippen molar-refractivity contribution in [1.82, 2.24) is 19.5 Å². The molecule has 4 N–H and O–H groups in total. The van der Waals surface area contributed by atoms with Gasteiger partial charge in [0.05, 0.1) is 12.9 Å². The number of ether oxygens (including phenoxy) is 3. The predicted molar refractivity (Wildman–Crippen MR) is 111 cm³/mol. The van der Waals surface area contributed by atoms with Gasteiger partial charge in [0, 0.05) is 13.8 Å². The fraction of sp³-hybridized carbons (Fsp3) is 0.500. The maximum Gasteiger partial charge on any atom is 0.488 e. The molecule has 0 aliphatic carbocycles. The Morgan fingerprint density at radius 3 is 2.37 bits per heavy atom. The number of carbonyl (C=O) groups excluding carboxylic acids is 2. The van der Waals surface area contributed by atoms with Crippen LogP contribution in [0.2, 0.25) is 0 Å². The Morgan fingerprint density at radius 1 is 1.11 bits per heavy atom. The van der Waals surface area contributed by atoms with Crippen molar-refractivity contribution in [1.29, 1.82) is 0 Å². The molecule has 18 nitrogen and oxygen atoms in total. The number of phosphoric acid groups is 2. The van der Waals surface area contributed by atoms with E-state index in [1.54, 1.807) is 0 Å². The Bertz CT molecular complexity index is 1220. The van der Waals surface area contributed by atoms with Gasteiger partial charge in [0.1, 0.15) is 17.9 Å². The second-order valence-corrected chi connectivity index (χ2v) is 11.5. The molecule has 0 aromatic carbocycles. The lowest BCUT2D eigenvalue weighted by Crippen LogP contribution is -2.40. The van der Waals surface area contributed by atoms with Gasteiger partial charge in [-0.3, -0.25) is 14.2 Å². The van der Waals surface area contributed by atoms with Crippen molar-refractivity contribution in [2.24, 2.45) is 0 Å². The molecule has 4 rings (SSSR count). The van der Waals surface area contributed by atoms with E-state index in [9.17, 15) is 28.5 Å². The molecule has 2 saturated heterocycles. The number of nitrogens with two attached hydrogens (primary N) is 1. The Kier molecular flexibility index (Phi) is 7.23. The van der Waals surface area contributed by atoms with E-state index >= 15 is 0 Å². The summed E-state index contributed by atoms with van der Waals surface area (Å²) in [5.41, 5.74) is 6.25. The van der Waals surface area contributed by atoms with E-state index in [2.05, 4.69) is 27.9 Å². The SMILES string of the molecule is CC(=O)O[C@@H]1[C@H](OC(C)=O)[C@@H](COP2OP(=O)(O)OP(=O)(O)O2)O[C@H]1n1cnc2c(N)ncnc21. The molecule has 2 fully saturated rings. The summed E-state index contributed by atoms with van der Waals surface area (Å²) >= 11 is 0. The Balaban J connectivity index is 1.62. The van der Waals surface area contributed by atoms with Gasteiger partial charge in [0.25, 0.3) is 0 Å². The molecule has 2 aromatic heterocycles. The molecule has 0 bridgehead atoms. The molecule has 0 radical (unpaired) electrons. The summed E-state index contributed by atoms with van der Waals surface area (Å²) in [6.45, 7) is 1.67. The van der Waals surface area contributed by atoms with Crippen molar-refractivity contribution < 1.29 is 60.2 Å². The first-order valence-electron chi connectivity index (χ1n) is 9.47. The zero-order chi connectivity index (χ0) is 25.5. The summed E-state index contributed by atoms with van der Waals surface area (Å²) in [6.07, 6.45) is -2.39. The van der Waals surface area contributed by atoms with Crippen molar-refractivity contribution in [3.63, 3.8) is 0 Å². The number of nitrogens with zero attached hydrogens (tertiary/aromatic N) is 4. The maximum absolute atomic E-state index is 11.8. The first-order chi connectivity index (χ1) is 16.3. The molecule has 0 spiro atoms. The number of carbonyl (C=O) groups is 2. The molecule has 192 valence electrons. The van der Waals surface area contributed by atoms with E-state index in [4.69, 9.17) is 24.5 Å². The fourth-order valence-electron chi connectivity index (χ4n) is 3.30. The van der Waals surface area contributed by atoms with Crippen LogP contribution in [0.4, 0.5) is 5.82 Å². The summed E-state index contributed by atoms with van der Waals surface area (Å²) in [4.78, 5) is 54.5. The lowest BCUT2D eigenvalue weighted by Gasteiger charge is -2.27. The highest BCUT2D eigenvalue weighted by Crippen LogP contribution is 2.76. The van der Waals surface area contributed by atoms with E-state index in [-0.39, 0.29) is 17.0 Å². The van der Waals surface area contributed by atoms with Gasteiger partial charge in [-0.2, -0.15) is 4.31 Å². The molecule has 35 heavy (non-hydrogen) atoms. The monoisotopic (exact) mass is 557 g/mol. The van der Waals surface area contributed by atoms with Crippen molar-refractivity contribution in [3.8, 4) is 0 Å². The van der Waals surface area contributed by atoms with Crippen LogP contribution in [0.1, 0.15) is 20.1 Å². The Labute approximate surface area is 196 Å². The summed E-state index contributed by atoms with van der Waals surface area (Å²) < 4.78 is 59.5. The number of hydrogen-bond acceptors (Lipinski definition) is 15. The molecule has 2 aromatic rings. The molecule has 0 amide bonds. The average molecular weight is 557 g/mol. The van der Waals surface area contributed by atoms with Crippen LogP contribution in [0.25, 0.3) is 11.2 Å². The molecule has 6 atom stereocenters. The molecule has 2 aliphatic rings. The number of anilines is 1. The molecule has 2 unspecified atom stereocenters. The number of fused-ring (bicyclic) bond motifs is 1. The molecule has 21 heteroatoms. The van der Waals surface area contributed by atoms with Gasteiger partial charge in [-0.25, -0.2) is 32.7 Å². The first-order valence-corrected chi connectivity index (χ1v) is 13.6. The second kappa shape index (κ2) is 9.75. The zero-order valence-corrected chi connectivity index (χ0v) is 20.4. The van der Waals surface area contributed by atoms with Gasteiger partial charge >= 0.3 is 36.2 Å². The second-order valence-electron chi connectivity index (χ2n) is 7.00. The van der Waals surface area contributed by atoms with Gasteiger partial charge in [-0.05, 0) is 0 Å². The van der Waals surface area contributed by atoms with E-state index in [1.165, 1.54) is 17.2 Å². The normalized spacial score (nSPS) is 35.1. The minimum absolute atomic E-state index is 0.0747. The summed E-state index contributed by atoms with van der Waals surface area (Å²) in [5.74, 6) is -1.41. The van der Waals surface area contributed by atoms with Crippen molar-refractivity contribution in [3.05, 3.63) is 12.7 Å². The van der Waals surface area contributed by atoms with Crippen molar-refractivity contribution >= 4 is 53.2 Å². The molecular weight excluding hydrogens is 539 g/mol. The molecule has 0 saturated carbocycles. The van der Waals surface area contributed by atoms with Crippen molar-refractivity contribution in [2.45, 2.75) is 38.4 Å². The third-order valence-corrected chi connectivity index (χ3v) is 9.17. The number of aromatic nitrogens is 4. The number of rotatable bonds is 6. The third-order valence-electron chi connectivity index (χ3n) is 4.44. The summed E-state index contributed by atoms with van der Waals surface area (Å²) in [6, 6.07) is 0. The minimum Gasteiger partial charge on any atom is -0.456 e. The highest BCUT2D eigenvalue weighted by atomic mass is 31.3. The average Bonchev–Trinajstić information content (AvgIpc) is 3.26. The number of imidazole rings is 1. The van der Waals surface area contributed by atoms with E-state index < -0.39 is 67.3 Å². The van der Waals surface area contributed by atoms with Gasteiger partial charge in [-0.15, -0.1) is 0 Å². The zero-order valence-electron chi connectivity index (χ0n) is 17.8. The van der Waals surface area contributed by atoms with Crippen LogP contribution in [0.15, 0.2) is 12.7 Å². The summed E-state index contributed by atoms with van der Waals surface area (Å²) in [7, 11) is -12.8. The Morgan fingerprint density at radius 2 is 1.74 bits per heavy atom. The molecule has 4 heterocycles. The van der Waals surface area contributed by atoms with Gasteiger partial charge in [0.15, 0.2) is 29.9 Å². The van der Waals surface area contributed by atoms with Crippen LogP contribution in [-0.4, -0.2) is 66.2 Å². The molecule has 2 aliphatic heterocycles. The standard InChI is InChI=1S/C14H18N5O13P3/c1-6(20)27-10-8(3-26-33-30-34(22,23)32-35(24,25)31-33)29-14(11(10)28-7(2)21)19-5-18-9-12(15)16-4-17-13(9)19/h4-5,8,10-11,14H,3H2,1-2H3,(H,22,23)(H,24,25)(H2,15,16,17)/t8-,10-,11-,14-/m1/s1. The summed E-state index contributed by atoms with van der Waals surface area (Å²) in [5, 5.41) is 0. The van der Waals surface area contributed by atoms with Crippen molar-refractivity contribution in [2.75, 3.05) is 12.3 Å². The number of esters is 2. The number of nitrogen functional groups attached to an aromatic ring is 1. The molecular formula is C14H18N5O13P3. The van der Waals surface area contributed by atoms with Crippen LogP contribution < -0.4 is 5.73 Å². The van der Waals surface area contributed by atoms with Crippen LogP contribution in [0.5, 0.6) is 0 Å².